The SMILES string of the molecule is COC(=O)[C@@]1(Cc2ccccc2CN=[N+]=[N-])N=C(c2ccc(OCCCO)cc2)O[C@H]1c1ccccc1N=[N+]=[N-]. The highest BCUT2D eigenvalue weighted by Crippen LogP contribution is 2.46. The Morgan fingerprint density at radius 3 is 2.48 bits per heavy atom. The molecule has 12 nitrogen and oxygen atoms in total. The average Bonchev–Trinajstić information content (AvgIpc) is 3.37. The Morgan fingerprint density at radius 1 is 1.05 bits per heavy atom. The van der Waals surface area contributed by atoms with Gasteiger partial charge in [-0.15, -0.1) is 0 Å². The van der Waals surface area contributed by atoms with Crippen LogP contribution in [0.3, 0.4) is 0 Å². The van der Waals surface area contributed by atoms with E-state index in [0.717, 1.165) is 5.56 Å². The van der Waals surface area contributed by atoms with Crippen LogP contribution in [0.15, 0.2) is 88.0 Å². The summed E-state index contributed by atoms with van der Waals surface area (Å²) >= 11 is 0. The van der Waals surface area contributed by atoms with E-state index in [2.05, 4.69) is 20.1 Å². The summed E-state index contributed by atoms with van der Waals surface area (Å²) in [5, 5.41) is 16.5. The van der Waals surface area contributed by atoms with Crippen LogP contribution in [0.4, 0.5) is 5.69 Å². The molecule has 204 valence electrons. The van der Waals surface area contributed by atoms with Crippen LogP contribution < -0.4 is 4.74 Å². The minimum Gasteiger partial charge on any atom is -0.494 e. The van der Waals surface area contributed by atoms with Crippen molar-refractivity contribution in [3.8, 4) is 5.75 Å². The molecule has 4 rings (SSSR count). The van der Waals surface area contributed by atoms with Crippen molar-refractivity contribution in [2.75, 3.05) is 20.3 Å². The van der Waals surface area contributed by atoms with E-state index in [4.69, 9.17) is 29.8 Å². The number of aliphatic imine (C=N–C) groups is 1. The molecular formula is C28H27N7O5. The van der Waals surface area contributed by atoms with E-state index in [-0.39, 0.29) is 31.2 Å². The van der Waals surface area contributed by atoms with Crippen molar-refractivity contribution in [2.45, 2.75) is 31.0 Å². The van der Waals surface area contributed by atoms with Crippen molar-refractivity contribution in [3.05, 3.63) is 116 Å². The first-order chi connectivity index (χ1) is 19.6. The highest BCUT2D eigenvalue weighted by molar-refractivity contribution is 6.00. The lowest BCUT2D eigenvalue weighted by Gasteiger charge is -2.30. The molecule has 1 aliphatic rings. The van der Waals surface area contributed by atoms with E-state index < -0.39 is 17.6 Å². The van der Waals surface area contributed by atoms with Crippen molar-refractivity contribution < 1.29 is 24.1 Å². The number of carbonyl (C=O) groups excluding carboxylic acids is 1. The van der Waals surface area contributed by atoms with Crippen molar-refractivity contribution in [1.29, 1.82) is 0 Å². The zero-order valence-electron chi connectivity index (χ0n) is 21.8. The molecule has 1 aliphatic heterocycles. The molecule has 0 spiro atoms. The summed E-state index contributed by atoms with van der Waals surface area (Å²) in [5.74, 6) is 0.151. The maximum Gasteiger partial charge on any atom is 0.338 e. The van der Waals surface area contributed by atoms with Crippen LogP contribution in [0.5, 0.6) is 5.75 Å². The number of hydrogen-bond acceptors (Lipinski definition) is 8. The van der Waals surface area contributed by atoms with Crippen LogP contribution in [0.25, 0.3) is 20.9 Å². The van der Waals surface area contributed by atoms with Gasteiger partial charge in [0.25, 0.3) is 0 Å². The maximum atomic E-state index is 13.7. The summed E-state index contributed by atoms with van der Waals surface area (Å²) in [6.45, 7) is 0.481. The minimum atomic E-state index is -1.60. The topological polar surface area (TPSA) is 175 Å². The van der Waals surface area contributed by atoms with Crippen molar-refractivity contribution >= 4 is 17.6 Å². The summed E-state index contributed by atoms with van der Waals surface area (Å²) in [7, 11) is 1.28. The van der Waals surface area contributed by atoms with Gasteiger partial charge in [-0.25, -0.2) is 9.79 Å². The fraction of sp³-hybridized carbons (Fsp3) is 0.286. The molecule has 0 saturated heterocycles. The molecule has 0 amide bonds. The normalized spacial score (nSPS) is 17.6. The van der Waals surface area contributed by atoms with E-state index in [1.807, 2.05) is 24.3 Å². The standard InChI is InChI=1S/C28H27N7O5/c1-38-27(37)28(17-20-7-2-3-8-21(20)18-31-34-29)25(23-9-4-5-10-24(23)33-35-30)40-26(32-28)19-11-13-22(14-12-19)39-16-6-15-36/h2-5,7-14,25,36H,6,15-18H2,1H3/t25-,28-/m0/s1. The molecule has 40 heavy (non-hydrogen) atoms. The summed E-state index contributed by atoms with van der Waals surface area (Å²) in [6, 6.07) is 21.1. The molecular weight excluding hydrogens is 514 g/mol. The smallest absolute Gasteiger partial charge is 0.338 e. The Bertz CT molecular complexity index is 1480. The minimum absolute atomic E-state index is 0.0308. The first-order valence-corrected chi connectivity index (χ1v) is 12.5. The highest BCUT2D eigenvalue weighted by atomic mass is 16.5. The third kappa shape index (κ3) is 6.00. The number of aliphatic hydroxyl groups excluding tert-OH is 1. The number of methoxy groups -OCH3 is 1. The van der Waals surface area contributed by atoms with E-state index in [9.17, 15) is 10.3 Å². The fourth-order valence-electron chi connectivity index (χ4n) is 4.54. The van der Waals surface area contributed by atoms with Gasteiger partial charge in [0.15, 0.2) is 6.10 Å². The maximum absolute atomic E-state index is 13.7. The first kappa shape index (κ1) is 28.0. The molecule has 12 heteroatoms. The number of aliphatic hydroxyl groups is 1. The Hall–Kier alpha value is -5.02. The van der Waals surface area contributed by atoms with Crippen molar-refractivity contribution in [3.63, 3.8) is 0 Å². The van der Waals surface area contributed by atoms with Gasteiger partial charge < -0.3 is 19.3 Å². The number of rotatable bonds is 12. The second-order valence-corrected chi connectivity index (χ2v) is 8.86. The molecule has 0 bridgehead atoms. The Morgan fingerprint density at radius 2 is 1.77 bits per heavy atom. The van der Waals surface area contributed by atoms with Gasteiger partial charge in [0.2, 0.25) is 11.4 Å². The Balaban J connectivity index is 1.84. The number of esters is 1. The molecule has 3 aromatic carbocycles. The molecule has 0 aromatic heterocycles. The summed E-state index contributed by atoms with van der Waals surface area (Å²) in [6.07, 6.45) is -0.450. The third-order valence-electron chi connectivity index (χ3n) is 6.43. The van der Waals surface area contributed by atoms with Crippen LogP contribution in [-0.2, 0) is 27.2 Å². The van der Waals surface area contributed by atoms with Gasteiger partial charge in [-0.2, -0.15) is 0 Å². The first-order valence-electron chi connectivity index (χ1n) is 12.5. The van der Waals surface area contributed by atoms with Gasteiger partial charge in [0.05, 0.1) is 20.3 Å². The van der Waals surface area contributed by atoms with Crippen LogP contribution in [0.2, 0.25) is 0 Å². The van der Waals surface area contributed by atoms with Gasteiger partial charge in [-0.1, -0.05) is 58.8 Å². The van der Waals surface area contributed by atoms with Crippen LogP contribution >= 0.6 is 0 Å². The predicted molar refractivity (Wildman–Crippen MR) is 147 cm³/mol. The predicted octanol–water partition coefficient (Wildman–Crippen LogP) is 5.87. The average molecular weight is 542 g/mol. The lowest BCUT2D eigenvalue weighted by atomic mass is 9.81. The van der Waals surface area contributed by atoms with Gasteiger partial charge in [0, 0.05) is 46.1 Å². The summed E-state index contributed by atoms with van der Waals surface area (Å²) < 4.78 is 17.3. The lowest BCUT2D eigenvalue weighted by molar-refractivity contribution is -0.149. The molecule has 0 radical (unpaired) electrons. The van der Waals surface area contributed by atoms with E-state index in [1.54, 1.807) is 48.5 Å². The molecule has 1 N–H and O–H groups in total. The molecule has 0 unspecified atom stereocenters. The Labute approximate surface area is 230 Å². The molecule has 3 aromatic rings. The lowest BCUT2D eigenvalue weighted by Crippen LogP contribution is -2.44. The zero-order chi connectivity index (χ0) is 28.4. The number of carbonyl (C=O) groups is 1. The summed E-state index contributed by atoms with van der Waals surface area (Å²) in [4.78, 5) is 24.3. The fourth-order valence-corrected chi connectivity index (χ4v) is 4.54. The molecule has 2 atom stereocenters. The van der Waals surface area contributed by atoms with E-state index >= 15 is 0 Å². The van der Waals surface area contributed by atoms with E-state index in [0.29, 0.717) is 35.5 Å². The Kier molecular flexibility index (Phi) is 9.22. The van der Waals surface area contributed by atoms with Crippen LogP contribution in [0, 0.1) is 0 Å². The quantitative estimate of drug-likeness (QED) is 0.0989. The number of nitrogens with zero attached hydrogens (tertiary/aromatic N) is 7. The zero-order valence-corrected chi connectivity index (χ0v) is 21.8. The van der Waals surface area contributed by atoms with Gasteiger partial charge in [-0.05, 0) is 46.5 Å². The molecule has 0 aliphatic carbocycles. The molecule has 0 fully saturated rings. The van der Waals surface area contributed by atoms with Crippen molar-refractivity contribution in [1.82, 2.24) is 0 Å². The van der Waals surface area contributed by atoms with E-state index in [1.165, 1.54) is 7.11 Å². The molecule has 1 heterocycles. The monoisotopic (exact) mass is 541 g/mol. The second kappa shape index (κ2) is 13.2. The van der Waals surface area contributed by atoms with Gasteiger partial charge in [-0.3, -0.25) is 0 Å². The summed E-state index contributed by atoms with van der Waals surface area (Å²) in [5.41, 5.74) is 19.2. The second-order valence-electron chi connectivity index (χ2n) is 8.86. The third-order valence-corrected chi connectivity index (χ3v) is 6.43. The van der Waals surface area contributed by atoms with Crippen molar-refractivity contribution in [2.24, 2.45) is 15.2 Å². The highest BCUT2D eigenvalue weighted by Gasteiger charge is 2.55. The largest absolute Gasteiger partial charge is 0.494 e. The molecule has 0 saturated carbocycles. The number of ether oxygens (including phenoxy) is 3. The number of hydrogen-bond donors (Lipinski definition) is 1. The van der Waals surface area contributed by atoms with Crippen LogP contribution in [0.1, 0.15) is 34.8 Å². The number of benzene rings is 3. The van der Waals surface area contributed by atoms with Gasteiger partial charge in [0.1, 0.15) is 5.75 Å². The van der Waals surface area contributed by atoms with Crippen LogP contribution in [-0.4, -0.2) is 42.8 Å². The number of azide groups is 2. The van der Waals surface area contributed by atoms with Gasteiger partial charge >= 0.3 is 5.97 Å².